The van der Waals surface area contributed by atoms with Gasteiger partial charge in [-0.2, -0.15) is 0 Å². The molecule has 0 radical (unpaired) electrons. The minimum Gasteiger partial charge on any atom is -0.307 e. The fourth-order valence-corrected chi connectivity index (χ4v) is 2.73. The lowest BCUT2D eigenvalue weighted by Crippen LogP contribution is -2.26. The van der Waals surface area contributed by atoms with Gasteiger partial charge in [0.25, 0.3) is 0 Å². The Morgan fingerprint density at radius 2 is 2.00 bits per heavy atom. The molecular weight excluding hydrogens is 194 g/mol. The summed E-state index contributed by atoms with van der Waals surface area (Å²) in [6, 6.07) is 12.4. The van der Waals surface area contributed by atoms with Gasteiger partial charge in [-0.15, -0.1) is 0 Å². The predicted octanol–water partition coefficient (Wildman–Crippen LogP) is 3.53. The van der Waals surface area contributed by atoms with Crippen molar-refractivity contribution in [3.8, 4) is 0 Å². The Morgan fingerprint density at radius 1 is 1.25 bits per heavy atom. The zero-order chi connectivity index (χ0) is 11.0. The first-order chi connectivity index (χ1) is 7.88. The Kier molecular flexibility index (Phi) is 2.72. The van der Waals surface area contributed by atoms with Crippen LogP contribution in [0.25, 0.3) is 0 Å². The molecule has 16 heavy (non-hydrogen) atoms. The van der Waals surface area contributed by atoms with Crippen LogP contribution in [0.3, 0.4) is 0 Å². The van der Waals surface area contributed by atoms with Crippen LogP contribution < -0.4 is 5.32 Å². The maximum atomic E-state index is 3.87. The largest absolute Gasteiger partial charge is 0.307 e. The first-order valence-corrected chi connectivity index (χ1v) is 6.69. The van der Waals surface area contributed by atoms with Gasteiger partial charge in [-0.25, -0.2) is 0 Å². The van der Waals surface area contributed by atoms with Crippen LogP contribution in [0.2, 0.25) is 0 Å². The molecule has 3 atom stereocenters. The van der Waals surface area contributed by atoms with Crippen LogP contribution in [0.1, 0.15) is 44.2 Å². The highest BCUT2D eigenvalue weighted by atomic mass is 15.0. The second-order valence-electron chi connectivity index (χ2n) is 5.40. The summed E-state index contributed by atoms with van der Waals surface area (Å²) in [5.74, 6) is 1.85. The molecule has 3 unspecified atom stereocenters. The fourth-order valence-electron chi connectivity index (χ4n) is 2.73. The number of hydrogen-bond donors (Lipinski definition) is 1. The van der Waals surface area contributed by atoms with Crippen LogP contribution in [0, 0.1) is 11.8 Å². The fraction of sp³-hybridized carbons (Fsp3) is 0.600. The van der Waals surface area contributed by atoms with Crippen molar-refractivity contribution in [2.24, 2.45) is 11.8 Å². The molecule has 0 heterocycles. The average Bonchev–Trinajstić information content (AvgIpc) is 3.21. The highest BCUT2D eigenvalue weighted by molar-refractivity contribution is 5.22. The molecule has 0 spiro atoms. The van der Waals surface area contributed by atoms with Crippen LogP contribution in [-0.4, -0.2) is 6.04 Å². The lowest BCUT2D eigenvalue weighted by molar-refractivity contribution is 0.461. The van der Waals surface area contributed by atoms with E-state index in [4.69, 9.17) is 0 Å². The quantitative estimate of drug-likeness (QED) is 0.792. The van der Waals surface area contributed by atoms with E-state index in [1.54, 1.807) is 0 Å². The van der Waals surface area contributed by atoms with E-state index in [2.05, 4.69) is 42.6 Å². The predicted molar refractivity (Wildman–Crippen MR) is 67.2 cm³/mol. The molecule has 2 aliphatic carbocycles. The average molecular weight is 215 g/mol. The smallest absolute Gasteiger partial charge is 0.0351 e. The first kappa shape index (κ1) is 10.3. The van der Waals surface area contributed by atoms with Gasteiger partial charge in [-0.1, -0.05) is 43.7 Å². The summed E-state index contributed by atoms with van der Waals surface area (Å²) < 4.78 is 0. The molecule has 0 saturated heterocycles. The zero-order valence-electron chi connectivity index (χ0n) is 10.0. The van der Waals surface area contributed by atoms with E-state index in [1.807, 2.05) is 0 Å². The number of benzene rings is 1. The Hall–Kier alpha value is -0.820. The molecule has 0 aromatic heterocycles. The summed E-state index contributed by atoms with van der Waals surface area (Å²) in [7, 11) is 0. The molecule has 2 fully saturated rings. The molecule has 86 valence electrons. The molecule has 0 aliphatic heterocycles. The number of nitrogens with one attached hydrogen (secondary N) is 1. The van der Waals surface area contributed by atoms with Gasteiger partial charge in [0, 0.05) is 12.1 Å². The lowest BCUT2D eigenvalue weighted by Gasteiger charge is -2.19. The molecule has 2 aliphatic rings. The minimum atomic E-state index is 0.628. The van der Waals surface area contributed by atoms with Crippen molar-refractivity contribution in [2.45, 2.75) is 44.7 Å². The summed E-state index contributed by atoms with van der Waals surface area (Å²) in [6.07, 6.45) is 5.56. The van der Waals surface area contributed by atoms with E-state index in [1.165, 1.54) is 31.2 Å². The maximum Gasteiger partial charge on any atom is 0.0351 e. The van der Waals surface area contributed by atoms with Crippen molar-refractivity contribution < 1.29 is 0 Å². The third-order valence-electron chi connectivity index (χ3n) is 4.09. The second-order valence-corrected chi connectivity index (χ2v) is 5.40. The molecular formula is C15H21N. The number of hydrogen-bond acceptors (Lipinski definition) is 1. The molecule has 1 nitrogen and oxygen atoms in total. The van der Waals surface area contributed by atoms with Gasteiger partial charge in [0.15, 0.2) is 0 Å². The third-order valence-corrected chi connectivity index (χ3v) is 4.09. The second kappa shape index (κ2) is 4.21. The van der Waals surface area contributed by atoms with Crippen molar-refractivity contribution >= 4 is 0 Å². The van der Waals surface area contributed by atoms with Crippen molar-refractivity contribution in [3.05, 3.63) is 35.9 Å². The van der Waals surface area contributed by atoms with Crippen LogP contribution in [0.4, 0.5) is 0 Å². The summed E-state index contributed by atoms with van der Waals surface area (Å²) >= 11 is 0. The lowest BCUT2D eigenvalue weighted by atomic mass is 10.0. The molecule has 0 amide bonds. The SMILES string of the molecule is CCC1CC1NC(c1ccccc1)C1CC1. The van der Waals surface area contributed by atoms with Gasteiger partial charge in [0.05, 0.1) is 0 Å². The molecule has 1 heteroatoms. The van der Waals surface area contributed by atoms with Gasteiger partial charge in [0.2, 0.25) is 0 Å². The van der Waals surface area contributed by atoms with E-state index in [-0.39, 0.29) is 0 Å². The topological polar surface area (TPSA) is 12.0 Å². The van der Waals surface area contributed by atoms with Gasteiger partial charge >= 0.3 is 0 Å². The molecule has 2 saturated carbocycles. The summed E-state index contributed by atoms with van der Waals surface area (Å²) in [5, 5.41) is 3.87. The highest BCUT2D eigenvalue weighted by Crippen LogP contribution is 2.44. The Bertz CT molecular complexity index is 342. The summed E-state index contributed by atoms with van der Waals surface area (Å²) in [4.78, 5) is 0. The van der Waals surface area contributed by atoms with E-state index in [0.717, 1.165) is 17.9 Å². The van der Waals surface area contributed by atoms with Gasteiger partial charge in [0.1, 0.15) is 0 Å². The monoisotopic (exact) mass is 215 g/mol. The van der Waals surface area contributed by atoms with Crippen molar-refractivity contribution in [1.29, 1.82) is 0 Å². The van der Waals surface area contributed by atoms with E-state index in [9.17, 15) is 0 Å². The minimum absolute atomic E-state index is 0.628. The van der Waals surface area contributed by atoms with Crippen LogP contribution in [-0.2, 0) is 0 Å². The molecule has 1 N–H and O–H groups in total. The molecule has 0 bridgehead atoms. The van der Waals surface area contributed by atoms with Crippen LogP contribution in [0.5, 0.6) is 0 Å². The Labute approximate surface area is 98.3 Å². The summed E-state index contributed by atoms with van der Waals surface area (Å²) in [6.45, 7) is 2.31. The molecule has 1 aromatic rings. The van der Waals surface area contributed by atoms with Crippen molar-refractivity contribution in [2.75, 3.05) is 0 Å². The standard InChI is InChI=1S/C15H21N/c1-2-11-10-14(11)16-15(13-8-9-13)12-6-4-3-5-7-12/h3-7,11,13-16H,2,8-10H2,1H3. The maximum absolute atomic E-state index is 3.87. The Morgan fingerprint density at radius 3 is 2.56 bits per heavy atom. The van der Waals surface area contributed by atoms with E-state index >= 15 is 0 Å². The van der Waals surface area contributed by atoms with Crippen molar-refractivity contribution in [1.82, 2.24) is 5.32 Å². The molecule has 3 rings (SSSR count). The zero-order valence-corrected chi connectivity index (χ0v) is 10.0. The normalized spacial score (nSPS) is 30.1. The number of rotatable bonds is 5. The van der Waals surface area contributed by atoms with Crippen LogP contribution in [0.15, 0.2) is 30.3 Å². The first-order valence-electron chi connectivity index (χ1n) is 6.69. The highest BCUT2D eigenvalue weighted by Gasteiger charge is 2.40. The van der Waals surface area contributed by atoms with E-state index < -0.39 is 0 Å². The van der Waals surface area contributed by atoms with Crippen molar-refractivity contribution in [3.63, 3.8) is 0 Å². The summed E-state index contributed by atoms with van der Waals surface area (Å²) in [5.41, 5.74) is 1.49. The van der Waals surface area contributed by atoms with Gasteiger partial charge in [-0.05, 0) is 36.7 Å². The van der Waals surface area contributed by atoms with E-state index in [0.29, 0.717) is 6.04 Å². The van der Waals surface area contributed by atoms with Gasteiger partial charge < -0.3 is 5.32 Å². The van der Waals surface area contributed by atoms with Crippen LogP contribution >= 0.6 is 0 Å². The third kappa shape index (κ3) is 2.15. The van der Waals surface area contributed by atoms with Gasteiger partial charge in [-0.3, -0.25) is 0 Å². The Balaban J connectivity index is 1.68. The molecule has 1 aromatic carbocycles.